The zero-order valence-electron chi connectivity index (χ0n) is 6.95. The molecule has 0 N–H and O–H groups in total. The maximum atomic E-state index is 4.31. The molecule has 0 aromatic carbocycles. The minimum atomic E-state index is 1.03. The standard InChI is InChI=1S/C9H10N2S/c1-2-3-7-9-8(4-5-10-7)12-6-11-9/h4-6H,2-3H2,1H3. The van der Waals surface area contributed by atoms with E-state index >= 15 is 0 Å². The number of hydrogen-bond donors (Lipinski definition) is 0. The second kappa shape index (κ2) is 3.19. The van der Waals surface area contributed by atoms with E-state index in [1.54, 1.807) is 11.3 Å². The number of hydrogen-bond acceptors (Lipinski definition) is 3. The maximum Gasteiger partial charge on any atom is 0.103 e. The number of rotatable bonds is 2. The molecule has 0 amide bonds. The Balaban J connectivity index is 2.57. The van der Waals surface area contributed by atoms with Crippen LogP contribution in [0.15, 0.2) is 17.8 Å². The predicted octanol–water partition coefficient (Wildman–Crippen LogP) is 2.64. The number of pyridine rings is 1. The fourth-order valence-corrected chi connectivity index (χ4v) is 1.96. The van der Waals surface area contributed by atoms with E-state index in [1.165, 1.54) is 4.70 Å². The molecule has 0 radical (unpaired) electrons. The Kier molecular flexibility index (Phi) is 2.04. The number of aromatic nitrogens is 2. The molecule has 0 spiro atoms. The van der Waals surface area contributed by atoms with Gasteiger partial charge in [0.25, 0.3) is 0 Å². The van der Waals surface area contributed by atoms with Crippen molar-refractivity contribution in [1.82, 2.24) is 9.97 Å². The highest BCUT2D eigenvalue weighted by Crippen LogP contribution is 2.19. The first kappa shape index (κ1) is 7.68. The zero-order chi connectivity index (χ0) is 8.39. The summed E-state index contributed by atoms with van der Waals surface area (Å²) in [5.74, 6) is 0. The molecule has 62 valence electrons. The van der Waals surface area contributed by atoms with E-state index in [1.807, 2.05) is 17.8 Å². The van der Waals surface area contributed by atoms with Crippen LogP contribution in [-0.4, -0.2) is 9.97 Å². The smallest absolute Gasteiger partial charge is 0.103 e. The fraction of sp³-hybridized carbons (Fsp3) is 0.333. The molecule has 2 aromatic heterocycles. The molecule has 3 heteroatoms. The summed E-state index contributed by atoms with van der Waals surface area (Å²) in [6.45, 7) is 2.16. The van der Waals surface area contributed by atoms with Gasteiger partial charge in [-0.3, -0.25) is 4.98 Å². The SMILES string of the molecule is CCCc1nccc2scnc12. The largest absolute Gasteiger partial charge is 0.259 e. The maximum absolute atomic E-state index is 4.31. The molecule has 0 aliphatic rings. The van der Waals surface area contributed by atoms with E-state index in [-0.39, 0.29) is 0 Å². The van der Waals surface area contributed by atoms with Gasteiger partial charge in [0, 0.05) is 6.20 Å². The van der Waals surface area contributed by atoms with Gasteiger partial charge in [-0.1, -0.05) is 13.3 Å². The fourth-order valence-electron chi connectivity index (χ4n) is 1.27. The lowest BCUT2D eigenvalue weighted by molar-refractivity contribution is 0.890. The van der Waals surface area contributed by atoms with Crippen LogP contribution in [0.5, 0.6) is 0 Å². The van der Waals surface area contributed by atoms with Crippen LogP contribution in [-0.2, 0) is 6.42 Å². The van der Waals surface area contributed by atoms with Crippen LogP contribution in [0.3, 0.4) is 0 Å². The summed E-state index contributed by atoms with van der Waals surface area (Å²) in [5, 5.41) is 0. The first-order valence-corrected chi connectivity index (χ1v) is 4.97. The van der Waals surface area contributed by atoms with E-state index in [0.29, 0.717) is 0 Å². The Labute approximate surface area is 75.3 Å². The van der Waals surface area contributed by atoms with Crippen LogP contribution in [0.1, 0.15) is 19.0 Å². The highest BCUT2D eigenvalue weighted by atomic mass is 32.1. The van der Waals surface area contributed by atoms with Crippen molar-refractivity contribution >= 4 is 21.6 Å². The molecule has 0 atom stereocenters. The Morgan fingerprint density at radius 1 is 1.42 bits per heavy atom. The molecule has 0 aliphatic carbocycles. The zero-order valence-corrected chi connectivity index (χ0v) is 7.77. The summed E-state index contributed by atoms with van der Waals surface area (Å²) >= 11 is 1.68. The summed E-state index contributed by atoms with van der Waals surface area (Å²) in [6.07, 6.45) is 4.02. The van der Waals surface area contributed by atoms with Crippen molar-refractivity contribution in [1.29, 1.82) is 0 Å². The average Bonchev–Trinajstić information content (AvgIpc) is 2.53. The lowest BCUT2D eigenvalue weighted by Crippen LogP contribution is -1.89. The monoisotopic (exact) mass is 178 g/mol. The Hall–Kier alpha value is -0.960. The second-order valence-corrected chi connectivity index (χ2v) is 3.59. The van der Waals surface area contributed by atoms with Crippen LogP contribution in [0, 0.1) is 0 Å². The van der Waals surface area contributed by atoms with Crippen molar-refractivity contribution in [3.63, 3.8) is 0 Å². The van der Waals surface area contributed by atoms with Crippen molar-refractivity contribution in [2.75, 3.05) is 0 Å². The van der Waals surface area contributed by atoms with Gasteiger partial charge in [0.15, 0.2) is 0 Å². The van der Waals surface area contributed by atoms with E-state index in [0.717, 1.165) is 24.1 Å². The van der Waals surface area contributed by atoms with E-state index < -0.39 is 0 Å². The van der Waals surface area contributed by atoms with Gasteiger partial charge < -0.3 is 0 Å². The van der Waals surface area contributed by atoms with Crippen LogP contribution >= 0.6 is 11.3 Å². The van der Waals surface area contributed by atoms with Gasteiger partial charge in [0.2, 0.25) is 0 Å². The lowest BCUT2D eigenvalue weighted by Gasteiger charge is -1.96. The average molecular weight is 178 g/mol. The van der Waals surface area contributed by atoms with Gasteiger partial charge in [-0.05, 0) is 12.5 Å². The van der Waals surface area contributed by atoms with Crippen LogP contribution in [0.4, 0.5) is 0 Å². The number of nitrogens with zero attached hydrogens (tertiary/aromatic N) is 2. The van der Waals surface area contributed by atoms with Gasteiger partial charge in [-0.25, -0.2) is 4.98 Å². The molecule has 12 heavy (non-hydrogen) atoms. The van der Waals surface area contributed by atoms with Gasteiger partial charge in [0.1, 0.15) is 5.52 Å². The predicted molar refractivity (Wildman–Crippen MR) is 51.4 cm³/mol. The molecule has 2 nitrogen and oxygen atoms in total. The molecule has 0 fully saturated rings. The van der Waals surface area contributed by atoms with Crippen molar-refractivity contribution in [3.8, 4) is 0 Å². The molecule has 0 saturated heterocycles. The van der Waals surface area contributed by atoms with Crippen molar-refractivity contribution < 1.29 is 0 Å². The van der Waals surface area contributed by atoms with Crippen molar-refractivity contribution in [3.05, 3.63) is 23.5 Å². The summed E-state index contributed by atoms with van der Waals surface area (Å²) in [4.78, 5) is 8.61. The number of aryl methyl sites for hydroxylation is 1. The van der Waals surface area contributed by atoms with Crippen molar-refractivity contribution in [2.24, 2.45) is 0 Å². The third-order valence-corrected chi connectivity index (χ3v) is 2.61. The molecule has 2 aromatic rings. The highest BCUT2D eigenvalue weighted by molar-refractivity contribution is 7.16. The lowest BCUT2D eigenvalue weighted by atomic mass is 10.2. The minimum absolute atomic E-state index is 1.03. The van der Waals surface area contributed by atoms with Gasteiger partial charge in [-0.2, -0.15) is 0 Å². The highest BCUT2D eigenvalue weighted by Gasteiger charge is 2.02. The van der Waals surface area contributed by atoms with Gasteiger partial charge in [0.05, 0.1) is 15.9 Å². The van der Waals surface area contributed by atoms with E-state index in [9.17, 15) is 0 Å². The normalized spacial score (nSPS) is 10.8. The summed E-state index contributed by atoms with van der Waals surface area (Å²) in [6, 6.07) is 2.02. The first-order chi connectivity index (χ1) is 5.92. The Morgan fingerprint density at radius 2 is 2.33 bits per heavy atom. The Bertz CT molecular complexity index is 381. The number of fused-ring (bicyclic) bond motifs is 1. The van der Waals surface area contributed by atoms with E-state index in [4.69, 9.17) is 0 Å². The molecule has 0 saturated carbocycles. The molecule has 2 heterocycles. The minimum Gasteiger partial charge on any atom is -0.259 e. The molecule has 0 aliphatic heterocycles. The molecule has 0 unspecified atom stereocenters. The second-order valence-electron chi connectivity index (χ2n) is 2.71. The molecular formula is C9H10N2S. The molecular weight excluding hydrogens is 168 g/mol. The topological polar surface area (TPSA) is 25.8 Å². The summed E-state index contributed by atoms with van der Waals surface area (Å²) < 4.78 is 1.24. The first-order valence-electron chi connectivity index (χ1n) is 4.09. The van der Waals surface area contributed by atoms with Crippen LogP contribution in [0.25, 0.3) is 10.2 Å². The van der Waals surface area contributed by atoms with Gasteiger partial charge in [-0.15, -0.1) is 11.3 Å². The van der Waals surface area contributed by atoms with Crippen LogP contribution in [0.2, 0.25) is 0 Å². The van der Waals surface area contributed by atoms with Crippen LogP contribution < -0.4 is 0 Å². The summed E-state index contributed by atoms with van der Waals surface area (Å²) in [5.41, 5.74) is 4.10. The third kappa shape index (κ3) is 1.20. The molecule has 2 rings (SSSR count). The quantitative estimate of drug-likeness (QED) is 0.706. The number of thiazole rings is 1. The van der Waals surface area contributed by atoms with E-state index in [2.05, 4.69) is 16.9 Å². The molecule has 0 bridgehead atoms. The Morgan fingerprint density at radius 3 is 3.17 bits per heavy atom. The van der Waals surface area contributed by atoms with Crippen molar-refractivity contribution in [2.45, 2.75) is 19.8 Å². The van der Waals surface area contributed by atoms with Gasteiger partial charge >= 0.3 is 0 Å². The summed E-state index contributed by atoms with van der Waals surface area (Å²) in [7, 11) is 0. The third-order valence-electron chi connectivity index (χ3n) is 1.81.